The number of aromatic hydroxyl groups is 4. The van der Waals surface area contributed by atoms with Crippen LogP contribution in [0.1, 0.15) is 16.7 Å². The summed E-state index contributed by atoms with van der Waals surface area (Å²) in [7, 11) is 0. The van der Waals surface area contributed by atoms with Gasteiger partial charge in [0, 0.05) is 35.4 Å². The number of rotatable bonds is 4. The summed E-state index contributed by atoms with van der Waals surface area (Å²) in [5.74, 6) is -0.606. The molecule has 0 saturated heterocycles. The molecule has 0 amide bonds. The van der Waals surface area contributed by atoms with Crippen LogP contribution in [0.4, 0.5) is 0 Å². The van der Waals surface area contributed by atoms with Gasteiger partial charge in [-0.3, -0.25) is 4.99 Å². The van der Waals surface area contributed by atoms with Gasteiger partial charge in [-0.05, 0) is 46.9 Å². The third kappa shape index (κ3) is 3.89. The van der Waals surface area contributed by atoms with Crippen LogP contribution in [-0.4, -0.2) is 32.7 Å². The van der Waals surface area contributed by atoms with Gasteiger partial charge in [0.2, 0.25) is 0 Å². The molecule has 5 heteroatoms. The normalized spacial score (nSPS) is 12.8. The number of phenolic OH excluding ortho intramolecular Hbond substituents is 4. The Balaban J connectivity index is 1.53. The number of fused-ring (bicyclic) bond motifs is 1. The number of nitrogens with zero attached hydrogens (tertiary/aromatic N) is 1. The second-order valence-electron chi connectivity index (χ2n) is 8.17. The fraction of sp³-hybridized carbons (Fsp3) is 0.107. The Kier molecular flexibility index (Phi) is 5.23. The highest BCUT2D eigenvalue weighted by Gasteiger charge is 2.23. The molecule has 164 valence electrons. The van der Waals surface area contributed by atoms with Gasteiger partial charge in [0.05, 0.1) is 0 Å². The predicted octanol–water partition coefficient (Wildman–Crippen LogP) is 5.43. The standard InChI is InChI=1S/C28H23NO4/c30-25-11-6-17(15-26(25)31)14-24-23-16-22(28(33)27(32)21(23)12-13-29-24)20-9-7-19(8-10-20)18-4-2-1-3-5-18/h1-11,15-16,30-33H,12-14H2. The maximum atomic E-state index is 10.8. The van der Waals surface area contributed by atoms with Crippen molar-refractivity contribution in [3.8, 4) is 45.3 Å². The molecule has 0 bridgehead atoms. The Bertz CT molecular complexity index is 1360. The monoisotopic (exact) mass is 437 g/mol. The van der Waals surface area contributed by atoms with Crippen molar-refractivity contribution >= 4 is 5.71 Å². The molecule has 0 spiro atoms. The average molecular weight is 437 g/mol. The van der Waals surface area contributed by atoms with Gasteiger partial charge in [0.15, 0.2) is 23.0 Å². The van der Waals surface area contributed by atoms with Gasteiger partial charge in [-0.25, -0.2) is 0 Å². The zero-order chi connectivity index (χ0) is 22.9. The van der Waals surface area contributed by atoms with E-state index in [1.54, 1.807) is 6.07 Å². The highest BCUT2D eigenvalue weighted by molar-refractivity contribution is 6.06. The van der Waals surface area contributed by atoms with Crippen LogP contribution in [0.25, 0.3) is 22.3 Å². The van der Waals surface area contributed by atoms with E-state index in [-0.39, 0.29) is 23.0 Å². The van der Waals surface area contributed by atoms with Gasteiger partial charge in [0.1, 0.15) is 0 Å². The fourth-order valence-electron chi connectivity index (χ4n) is 4.31. The molecule has 0 unspecified atom stereocenters. The van der Waals surface area contributed by atoms with Gasteiger partial charge in [-0.1, -0.05) is 60.7 Å². The zero-order valence-corrected chi connectivity index (χ0v) is 17.9. The highest BCUT2D eigenvalue weighted by atomic mass is 16.3. The quantitative estimate of drug-likeness (QED) is 0.320. The van der Waals surface area contributed by atoms with Crippen molar-refractivity contribution < 1.29 is 20.4 Å². The van der Waals surface area contributed by atoms with Crippen molar-refractivity contribution in [2.75, 3.05) is 6.54 Å². The summed E-state index contributed by atoms with van der Waals surface area (Å²) >= 11 is 0. The van der Waals surface area contributed by atoms with E-state index in [0.717, 1.165) is 33.5 Å². The largest absolute Gasteiger partial charge is 0.504 e. The molecule has 5 nitrogen and oxygen atoms in total. The summed E-state index contributed by atoms with van der Waals surface area (Å²) in [6.07, 6.45) is 0.962. The minimum atomic E-state index is -0.183. The molecule has 1 aliphatic heterocycles. The Morgan fingerprint density at radius 3 is 2.06 bits per heavy atom. The van der Waals surface area contributed by atoms with Gasteiger partial charge in [-0.15, -0.1) is 0 Å². The van der Waals surface area contributed by atoms with Crippen LogP contribution in [0, 0.1) is 0 Å². The maximum Gasteiger partial charge on any atom is 0.165 e. The molecule has 0 fully saturated rings. The van der Waals surface area contributed by atoms with Crippen LogP contribution in [0.5, 0.6) is 23.0 Å². The van der Waals surface area contributed by atoms with Gasteiger partial charge >= 0.3 is 0 Å². The first kappa shape index (κ1) is 20.6. The maximum absolute atomic E-state index is 10.8. The molecule has 33 heavy (non-hydrogen) atoms. The summed E-state index contributed by atoms with van der Waals surface area (Å²) in [6, 6.07) is 24.5. The van der Waals surface area contributed by atoms with Crippen LogP contribution in [0.2, 0.25) is 0 Å². The third-order valence-electron chi connectivity index (χ3n) is 6.07. The van der Waals surface area contributed by atoms with Crippen LogP contribution in [-0.2, 0) is 12.8 Å². The second kappa shape index (κ2) is 8.36. The van der Waals surface area contributed by atoms with Gasteiger partial charge in [-0.2, -0.15) is 0 Å². The average Bonchev–Trinajstić information content (AvgIpc) is 2.85. The number of phenols is 4. The highest BCUT2D eigenvalue weighted by Crippen LogP contribution is 2.43. The number of hydrogen-bond acceptors (Lipinski definition) is 5. The van der Waals surface area contributed by atoms with E-state index < -0.39 is 0 Å². The number of benzene rings is 4. The van der Waals surface area contributed by atoms with E-state index in [9.17, 15) is 20.4 Å². The molecule has 5 rings (SSSR count). The third-order valence-corrected chi connectivity index (χ3v) is 6.07. The molecule has 0 saturated carbocycles. The van der Waals surface area contributed by atoms with Crippen molar-refractivity contribution in [2.45, 2.75) is 12.8 Å². The summed E-state index contributed by atoms with van der Waals surface area (Å²) in [5.41, 5.74) is 6.50. The summed E-state index contributed by atoms with van der Waals surface area (Å²) in [5, 5.41) is 41.0. The van der Waals surface area contributed by atoms with E-state index in [0.29, 0.717) is 30.5 Å². The minimum Gasteiger partial charge on any atom is -0.504 e. The Labute approximate surface area is 191 Å². The van der Waals surface area contributed by atoms with Crippen LogP contribution in [0.3, 0.4) is 0 Å². The van der Waals surface area contributed by atoms with E-state index >= 15 is 0 Å². The zero-order valence-electron chi connectivity index (χ0n) is 17.9. The molecular weight excluding hydrogens is 414 g/mol. The van der Waals surface area contributed by atoms with E-state index in [4.69, 9.17) is 0 Å². The smallest absolute Gasteiger partial charge is 0.165 e. The lowest BCUT2D eigenvalue weighted by molar-refractivity contribution is 0.400. The second-order valence-corrected chi connectivity index (χ2v) is 8.17. The molecule has 4 aromatic carbocycles. The van der Waals surface area contributed by atoms with Crippen molar-refractivity contribution in [1.82, 2.24) is 0 Å². The van der Waals surface area contributed by atoms with Crippen molar-refractivity contribution in [1.29, 1.82) is 0 Å². The van der Waals surface area contributed by atoms with Crippen molar-refractivity contribution in [3.63, 3.8) is 0 Å². The first-order valence-corrected chi connectivity index (χ1v) is 10.8. The summed E-state index contributed by atoms with van der Waals surface area (Å²) < 4.78 is 0. The molecule has 1 heterocycles. The Morgan fingerprint density at radius 1 is 0.636 bits per heavy atom. The number of hydrogen-bond donors (Lipinski definition) is 4. The van der Waals surface area contributed by atoms with Crippen molar-refractivity contribution in [2.24, 2.45) is 4.99 Å². The molecule has 0 aromatic heterocycles. The Hall–Kier alpha value is -4.25. The van der Waals surface area contributed by atoms with Crippen molar-refractivity contribution in [3.05, 3.63) is 95.6 Å². The van der Waals surface area contributed by atoms with Gasteiger partial charge in [0.25, 0.3) is 0 Å². The molecule has 0 radical (unpaired) electrons. The molecule has 4 aromatic rings. The molecular formula is C28H23NO4. The first-order valence-electron chi connectivity index (χ1n) is 10.8. The molecule has 1 aliphatic rings. The number of aliphatic imine (C=N–C) groups is 1. The van der Waals surface area contributed by atoms with Crippen LogP contribution >= 0.6 is 0 Å². The molecule has 4 N–H and O–H groups in total. The predicted molar refractivity (Wildman–Crippen MR) is 129 cm³/mol. The SMILES string of the molecule is Oc1ccc(CC2=NCCc3c2cc(-c2ccc(-c4ccccc4)cc2)c(O)c3O)cc1O. The lowest BCUT2D eigenvalue weighted by atomic mass is 9.88. The van der Waals surface area contributed by atoms with E-state index in [1.807, 2.05) is 60.7 Å². The van der Waals surface area contributed by atoms with E-state index in [1.165, 1.54) is 12.1 Å². The lowest BCUT2D eigenvalue weighted by Gasteiger charge is -2.21. The lowest BCUT2D eigenvalue weighted by Crippen LogP contribution is -2.16. The first-order chi connectivity index (χ1) is 16.0. The van der Waals surface area contributed by atoms with E-state index in [2.05, 4.69) is 4.99 Å². The summed E-state index contributed by atoms with van der Waals surface area (Å²) in [6.45, 7) is 0.504. The minimum absolute atomic E-state index is 0.115. The Morgan fingerprint density at radius 2 is 1.33 bits per heavy atom. The topological polar surface area (TPSA) is 93.3 Å². The fourth-order valence-corrected chi connectivity index (χ4v) is 4.31. The summed E-state index contributed by atoms with van der Waals surface area (Å²) in [4.78, 5) is 4.66. The van der Waals surface area contributed by atoms with Gasteiger partial charge < -0.3 is 20.4 Å². The van der Waals surface area contributed by atoms with Crippen LogP contribution < -0.4 is 0 Å². The van der Waals surface area contributed by atoms with Crippen LogP contribution in [0.15, 0.2) is 83.9 Å². The molecule has 0 aliphatic carbocycles. The molecule has 0 atom stereocenters.